The minimum Gasteiger partial charge on any atom is -0.483 e. The van der Waals surface area contributed by atoms with Crippen LogP contribution in [0.25, 0.3) is 0 Å². The van der Waals surface area contributed by atoms with Crippen LogP contribution in [0, 0.1) is 0 Å². The molecular formula is C23H24Cl2N4O2S. The molecule has 1 N–H and O–H groups in total. The van der Waals surface area contributed by atoms with E-state index in [1.165, 1.54) is 17.3 Å². The number of hydrogen-bond acceptors (Lipinski definition) is 5. The molecule has 0 aliphatic carbocycles. The van der Waals surface area contributed by atoms with E-state index in [9.17, 15) is 4.79 Å². The lowest BCUT2D eigenvalue weighted by Crippen LogP contribution is -2.16. The number of carbonyl (C=O) groups is 1. The molecule has 2 aromatic carbocycles. The lowest BCUT2D eigenvalue weighted by Gasteiger charge is -2.16. The van der Waals surface area contributed by atoms with Crippen LogP contribution in [0.1, 0.15) is 31.3 Å². The highest BCUT2D eigenvalue weighted by molar-refractivity contribution is 7.99. The predicted octanol–water partition coefficient (Wildman–Crippen LogP) is 6.20. The minimum absolute atomic E-state index is 0.116. The predicted molar refractivity (Wildman–Crippen MR) is 131 cm³/mol. The first kappa shape index (κ1) is 24.2. The van der Waals surface area contributed by atoms with Gasteiger partial charge < -0.3 is 10.1 Å². The Labute approximate surface area is 202 Å². The number of anilines is 1. The minimum atomic E-state index is -0.333. The zero-order valence-electron chi connectivity index (χ0n) is 17.8. The van der Waals surface area contributed by atoms with Gasteiger partial charge in [0, 0.05) is 6.54 Å². The van der Waals surface area contributed by atoms with Crippen molar-refractivity contribution in [2.24, 2.45) is 0 Å². The van der Waals surface area contributed by atoms with Crippen LogP contribution >= 0.6 is 35.0 Å². The number of carbonyl (C=O) groups excluding carboxylic acids is 1. The van der Waals surface area contributed by atoms with E-state index in [2.05, 4.69) is 29.0 Å². The van der Waals surface area contributed by atoms with Gasteiger partial charge in [-0.15, -0.1) is 16.8 Å². The fourth-order valence-corrected chi connectivity index (χ4v) is 4.24. The molecule has 0 fully saturated rings. The number of nitrogens with one attached hydrogen (secondary N) is 1. The number of benzene rings is 2. The van der Waals surface area contributed by atoms with E-state index in [-0.39, 0.29) is 17.8 Å². The number of thioether (sulfide) groups is 1. The van der Waals surface area contributed by atoms with Gasteiger partial charge in [-0.3, -0.25) is 9.36 Å². The number of nitrogens with zero attached hydrogens (tertiary/aromatic N) is 3. The highest BCUT2D eigenvalue weighted by Gasteiger charge is 2.20. The maximum atomic E-state index is 12.4. The first-order valence-corrected chi connectivity index (χ1v) is 11.8. The molecule has 0 aliphatic rings. The van der Waals surface area contributed by atoms with Gasteiger partial charge in [-0.1, -0.05) is 66.2 Å². The SMILES string of the molecule is C=CCn1c(SCC(=O)Nc2c(Cl)cccc2Cl)nnc1C(C)Oc1ccc(CC)cc1. The third-order valence-corrected chi connectivity index (χ3v) is 6.22. The van der Waals surface area contributed by atoms with Gasteiger partial charge in [0.15, 0.2) is 17.1 Å². The molecule has 9 heteroatoms. The summed E-state index contributed by atoms with van der Waals surface area (Å²) in [5, 5.41) is 12.7. The molecular weight excluding hydrogens is 467 g/mol. The summed E-state index contributed by atoms with van der Waals surface area (Å²) in [4.78, 5) is 12.4. The summed E-state index contributed by atoms with van der Waals surface area (Å²) in [5.74, 6) is 1.28. The largest absolute Gasteiger partial charge is 0.483 e. The van der Waals surface area contributed by atoms with Crippen LogP contribution in [-0.4, -0.2) is 26.4 Å². The van der Waals surface area contributed by atoms with Crippen molar-refractivity contribution in [2.75, 3.05) is 11.1 Å². The Bertz CT molecular complexity index is 1070. The Morgan fingerprint density at radius 2 is 1.91 bits per heavy atom. The molecule has 0 saturated heterocycles. The summed E-state index contributed by atoms with van der Waals surface area (Å²) < 4.78 is 7.94. The summed E-state index contributed by atoms with van der Waals surface area (Å²) >= 11 is 13.5. The van der Waals surface area contributed by atoms with Crippen molar-refractivity contribution < 1.29 is 9.53 Å². The van der Waals surface area contributed by atoms with E-state index in [0.717, 1.165) is 12.2 Å². The maximum Gasteiger partial charge on any atom is 0.234 e. The molecule has 1 atom stereocenters. The van der Waals surface area contributed by atoms with Crippen LogP contribution < -0.4 is 10.1 Å². The smallest absolute Gasteiger partial charge is 0.234 e. The molecule has 6 nitrogen and oxygen atoms in total. The number of halogens is 2. The van der Waals surface area contributed by atoms with Gasteiger partial charge in [-0.2, -0.15) is 0 Å². The van der Waals surface area contributed by atoms with Crippen molar-refractivity contribution in [3.63, 3.8) is 0 Å². The number of rotatable bonds is 10. The zero-order valence-corrected chi connectivity index (χ0v) is 20.2. The van der Waals surface area contributed by atoms with Crippen LogP contribution in [0.2, 0.25) is 10.0 Å². The first-order valence-electron chi connectivity index (χ1n) is 10.1. The van der Waals surface area contributed by atoms with Crippen LogP contribution in [0.15, 0.2) is 60.3 Å². The lowest BCUT2D eigenvalue weighted by molar-refractivity contribution is -0.113. The molecule has 3 rings (SSSR count). The lowest BCUT2D eigenvalue weighted by atomic mass is 10.2. The molecule has 1 heterocycles. The van der Waals surface area contributed by atoms with E-state index in [1.807, 2.05) is 35.8 Å². The van der Waals surface area contributed by atoms with Crippen LogP contribution in [0.4, 0.5) is 5.69 Å². The quantitative estimate of drug-likeness (QED) is 0.270. The summed E-state index contributed by atoms with van der Waals surface area (Å²) in [5.41, 5.74) is 1.64. The van der Waals surface area contributed by atoms with Gasteiger partial charge in [-0.25, -0.2) is 0 Å². The van der Waals surface area contributed by atoms with Gasteiger partial charge in [-0.05, 0) is 43.2 Å². The third-order valence-electron chi connectivity index (χ3n) is 4.62. The average molecular weight is 491 g/mol. The number of aromatic nitrogens is 3. The van der Waals surface area contributed by atoms with Crippen molar-refractivity contribution >= 4 is 46.6 Å². The van der Waals surface area contributed by atoms with Crippen molar-refractivity contribution in [1.29, 1.82) is 0 Å². The normalized spacial score (nSPS) is 11.8. The maximum absolute atomic E-state index is 12.4. The number of allylic oxidation sites excluding steroid dienone is 1. The Hall–Kier alpha value is -2.48. The van der Waals surface area contributed by atoms with Gasteiger partial charge in [0.1, 0.15) is 5.75 Å². The standard InChI is InChI=1S/C23H24Cl2N4O2S/c1-4-13-29-22(15(3)31-17-11-9-16(5-2)10-12-17)27-28-23(29)32-14-20(30)26-21-18(24)7-6-8-19(21)25/h4,6-12,15H,1,5,13-14H2,2-3H3,(H,26,30). The molecule has 168 valence electrons. The molecule has 1 unspecified atom stereocenters. The van der Waals surface area contributed by atoms with Crippen molar-refractivity contribution in [3.05, 3.63) is 76.6 Å². The molecule has 0 spiro atoms. The average Bonchev–Trinajstić information content (AvgIpc) is 3.18. The summed E-state index contributed by atoms with van der Waals surface area (Å²) in [6.45, 7) is 8.33. The van der Waals surface area contributed by atoms with E-state index < -0.39 is 0 Å². The number of ether oxygens (including phenoxy) is 1. The Balaban J connectivity index is 1.68. The van der Waals surface area contributed by atoms with E-state index in [1.54, 1.807) is 24.3 Å². The molecule has 1 aromatic heterocycles. The zero-order chi connectivity index (χ0) is 23.1. The fraction of sp³-hybridized carbons (Fsp3) is 0.261. The number of aryl methyl sites for hydroxylation is 1. The fourth-order valence-electron chi connectivity index (χ4n) is 2.99. The monoisotopic (exact) mass is 490 g/mol. The second-order valence-electron chi connectivity index (χ2n) is 6.93. The Morgan fingerprint density at radius 1 is 1.22 bits per heavy atom. The summed E-state index contributed by atoms with van der Waals surface area (Å²) in [6, 6.07) is 13.0. The van der Waals surface area contributed by atoms with Crippen molar-refractivity contribution in [1.82, 2.24) is 14.8 Å². The van der Waals surface area contributed by atoms with Crippen LogP contribution in [0.5, 0.6) is 5.75 Å². The first-order chi connectivity index (χ1) is 15.4. The van der Waals surface area contributed by atoms with Gasteiger partial charge in [0.05, 0.1) is 21.5 Å². The summed E-state index contributed by atoms with van der Waals surface area (Å²) in [7, 11) is 0. The molecule has 0 saturated carbocycles. The van der Waals surface area contributed by atoms with E-state index in [0.29, 0.717) is 33.3 Å². The van der Waals surface area contributed by atoms with Gasteiger partial charge >= 0.3 is 0 Å². The Morgan fingerprint density at radius 3 is 2.53 bits per heavy atom. The van der Waals surface area contributed by atoms with Crippen LogP contribution in [0.3, 0.4) is 0 Å². The molecule has 0 radical (unpaired) electrons. The molecule has 0 aliphatic heterocycles. The number of para-hydroxylation sites is 1. The topological polar surface area (TPSA) is 69.0 Å². The van der Waals surface area contributed by atoms with Crippen LogP contribution in [-0.2, 0) is 17.8 Å². The van der Waals surface area contributed by atoms with Crippen molar-refractivity contribution in [3.8, 4) is 5.75 Å². The molecule has 3 aromatic rings. The number of amides is 1. The molecule has 1 amide bonds. The van der Waals surface area contributed by atoms with Gasteiger partial charge in [0.2, 0.25) is 5.91 Å². The molecule has 0 bridgehead atoms. The second-order valence-corrected chi connectivity index (χ2v) is 8.69. The molecule has 32 heavy (non-hydrogen) atoms. The van der Waals surface area contributed by atoms with Gasteiger partial charge in [0.25, 0.3) is 0 Å². The third kappa shape index (κ3) is 6.06. The Kier molecular flexibility index (Phi) is 8.61. The second kappa shape index (κ2) is 11.4. The number of hydrogen-bond donors (Lipinski definition) is 1. The van der Waals surface area contributed by atoms with E-state index >= 15 is 0 Å². The highest BCUT2D eigenvalue weighted by Crippen LogP contribution is 2.30. The van der Waals surface area contributed by atoms with Crippen molar-refractivity contribution in [2.45, 2.75) is 38.1 Å². The highest BCUT2D eigenvalue weighted by atomic mass is 35.5. The summed E-state index contributed by atoms with van der Waals surface area (Å²) in [6.07, 6.45) is 2.39. The van der Waals surface area contributed by atoms with E-state index in [4.69, 9.17) is 27.9 Å².